The molecule has 0 N–H and O–H groups in total. The van der Waals surface area contributed by atoms with E-state index in [1.807, 2.05) is 0 Å². The van der Waals surface area contributed by atoms with Crippen LogP contribution in [0.15, 0.2) is 0 Å². The highest BCUT2D eigenvalue weighted by Crippen LogP contribution is 2.23. The Morgan fingerprint density at radius 3 is 1.33 bits per heavy atom. The zero-order valence-corrected chi connectivity index (χ0v) is 21.3. The second-order valence-corrected chi connectivity index (χ2v) is 9.09. The number of rotatable bonds is 10. The maximum absolute atomic E-state index is 11.7. The number of likely N-dealkylation sites (tertiary alicyclic amines) is 2. The van der Waals surface area contributed by atoms with Gasteiger partial charge in [0.2, 0.25) is 0 Å². The second-order valence-electron chi connectivity index (χ2n) is 9.09. The summed E-state index contributed by atoms with van der Waals surface area (Å²) in [6, 6.07) is 2.74. The molecule has 2 aliphatic heterocycles. The molecule has 0 radical (unpaired) electrons. The van der Waals surface area contributed by atoms with E-state index >= 15 is 0 Å². The lowest BCUT2D eigenvalue weighted by Gasteiger charge is -2.39. The topological polar surface area (TPSA) is 42.0 Å². The average Bonchev–Trinajstić information content (AvgIpc) is 2.65. The van der Waals surface area contributed by atoms with Crippen LogP contribution in [0.4, 0.5) is 4.79 Å². The van der Waals surface area contributed by atoms with Crippen LogP contribution < -0.4 is 0 Å². The standard InChI is InChI=1S/C23H44N2O3.2ClH/c1-19-11-9-12-20(2)24(19)15-5-7-17-27-23(26)28-18-8-6-16-25-21(3)13-10-14-22(25)4;;/h19-22H,5-18H2,1-4H3;2*1H. The van der Waals surface area contributed by atoms with Gasteiger partial charge in [-0.2, -0.15) is 0 Å². The van der Waals surface area contributed by atoms with E-state index in [2.05, 4.69) is 37.5 Å². The summed E-state index contributed by atoms with van der Waals surface area (Å²) >= 11 is 0. The average molecular weight is 470 g/mol. The van der Waals surface area contributed by atoms with E-state index in [0.717, 1.165) is 38.8 Å². The van der Waals surface area contributed by atoms with Gasteiger partial charge in [0.05, 0.1) is 13.2 Å². The summed E-state index contributed by atoms with van der Waals surface area (Å²) in [6.45, 7) is 12.5. The fraction of sp³-hybridized carbons (Fsp3) is 0.957. The number of piperidine rings is 2. The van der Waals surface area contributed by atoms with E-state index in [1.54, 1.807) is 0 Å². The molecule has 0 bridgehead atoms. The van der Waals surface area contributed by atoms with Crippen molar-refractivity contribution in [2.75, 3.05) is 26.3 Å². The lowest BCUT2D eigenvalue weighted by atomic mass is 9.97. The van der Waals surface area contributed by atoms with E-state index in [0.29, 0.717) is 37.4 Å². The summed E-state index contributed by atoms with van der Waals surface area (Å²) in [5.41, 5.74) is 0. The van der Waals surface area contributed by atoms with Crippen LogP contribution >= 0.6 is 24.8 Å². The summed E-state index contributed by atoms with van der Waals surface area (Å²) in [5.74, 6) is 0. The normalized spacial score (nSPS) is 27.6. The van der Waals surface area contributed by atoms with Crippen LogP contribution in [-0.2, 0) is 9.47 Å². The van der Waals surface area contributed by atoms with Crippen molar-refractivity contribution in [1.82, 2.24) is 9.80 Å². The third-order valence-electron chi connectivity index (χ3n) is 6.81. The molecule has 2 saturated heterocycles. The maximum Gasteiger partial charge on any atom is 0.508 e. The molecule has 0 amide bonds. The first kappa shape index (κ1) is 29.8. The van der Waals surface area contributed by atoms with E-state index < -0.39 is 6.16 Å². The van der Waals surface area contributed by atoms with Crippen molar-refractivity contribution in [3.8, 4) is 0 Å². The molecule has 30 heavy (non-hydrogen) atoms. The van der Waals surface area contributed by atoms with E-state index in [4.69, 9.17) is 9.47 Å². The van der Waals surface area contributed by atoms with Crippen LogP contribution in [0.1, 0.15) is 91.9 Å². The highest BCUT2D eigenvalue weighted by molar-refractivity contribution is 5.85. The van der Waals surface area contributed by atoms with Crippen molar-refractivity contribution in [3.63, 3.8) is 0 Å². The number of ether oxygens (including phenoxy) is 2. The van der Waals surface area contributed by atoms with Gasteiger partial charge in [0.15, 0.2) is 0 Å². The van der Waals surface area contributed by atoms with Crippen molar-refractivity contribution in [3.05, 3.63) is 0 Å². The van der Waals surface area contributed by atoms with Crippen LogP contribution in [0.3, 0.4) is 0 Å². The Labute approximate surface area is 197 Å². The first-order chi connectivity index (χ1) is 13.5. The molecule has 0 spiro atoms. The Hall–Kier alpha value is -0.230. The third-order valence-corrected chi connectivity index (χ3v) is 6.81. The van der Waals surface area contributed by atoms with Gasteiger partial charge in [-0.3, -0.25) is 9.80 Å². The first-order valence-corrected chi connectivity index (χ1v) is 11.8. The second kappa shape index (κ2) is 16.4. The predicted molar refractivity (Wildman–Crippen MR) is 129 cm³/mol. The van der Waals surface area contributed by atoms with Crippen molar-refractivity contribution in [2.24, 2.45) is 0 Å². The monoisotopic (exact) mass is 468 g/mol. The van der Waals surface area contributed by atoms with Gasteiger partial charge in [0, 0.05) is 24.2 Å². The number of halogens is 2. The highest BCUT2D eigenvalue weighted by atomic mass is 35.5. The van der Waals surface area contributed by atoms with E-state index in [1.165, 1.54) is 38.5 Å². The van der Waals surface area contributed by atoms with Crippen LogP contribution in [0.2, 0.25) is 0 Å². The molecule has 2 aliphatic rings. The van der Waals surface area contributed by atoms with Crippen LogP contribution in [0.25, 0.3) is 0 Å². The van der Waals surface area contributed by atoms with Gasteiger partial charge in [0.1, 0.15) is 0 Å². The minimum atomic E-state index is -0.501. The Morgan fingerprint density at radius 2 is 1.00 bits per heavy atom. The number of nitrogens with zero attached hydrogens (tertiary/aromatic N) is 2. The molecule has 4 unspecified atom stereocenters. The smallest absolute Gasteiger partial charge is 0.434 e. The molecule has 0 aromatic rings. The molecule has 2 fully saturated rings. The minimum Gasteiger partial charge on any atom is -0.434 e. The number of carbonyl (C=O) groups excluding carboxylic acids is 1. The predicted octanol–water partition coefficient (Wildman–Crippen LogP) is 6.07. The van der Waals surface area contributed by atoms with Gasteiger partial charge in [-0.1, -0.05) is 12.8 Å². The Morgan fingerprint density at radius 1 is 0.667 bits per heavy atom. The largest absolute Gasteiger partial charge is 0.508 e. The summed E-state index contributed by atoms with van der Waals surface area (Å²) in [6.07, 6.45) is 11.4. The van der Waals surface area contributed by atoms with Crippen molar-refractivity contribution in [1.29, 1.82) is 0 Å². The van der Waals surface area contributed by atoms with Gasteiger partial charge in [0.25, 0.3) is 0 Å². The Bertz CT molecular complexity index is 398. The molecule has 0 aliphatic carbocycles. The van der Waals surface area contributed by atoms with Crippen LogP contribution in [-0.4, -0.2) is 66.4 Å². The molecule has 2 heterocycles. The quantitative estimate of drug-likeness (QED) is 0.287. The zero-order chi connectivity index (χ0) is 20.4. The van der Waals surface area contributed by atoms with Crippen molar-refractivity contribution in [2.45, 2.75) is 116 Å². The summed E-state index contributed by atoms with van der Waals surface area (Å²) in [4.78, 5) is 16.9. The van der Waals surface area contributed by atoms with Gasteiger partial charge < -0.3 is 9.47 Å². The van der Waals surface area contributed by atoms with Crippen molar-refractivity contribution < 1.29 is 14.3 Å². The molecule has 7 heteroatoms. The van der Waals surface area contributed by atoms with Crippen LogP contribution in [0.5, 0.6) is 0 Å². The SMILES string of the molecule is CC1CCCC(C)N1CCCCOC(=O)OCCCCN1C(C)CCCC1C.Cl.Cl. The highest BCUT2D eigenvalue weighted by Gasteiger charge is 2.24. The Kier molecular flexibility index (Phi) is 16.3. The van der Waals surface area contributed by atoms with E-state index in [-0.39, 0.29) is 24.8 Å². The summed E-state index contributed by atoms with van der Waals surface area (Å²) in [7, 11) is 0. The number of hydrogen-bond donors (Lipinski definition) is 0. The molecule has 0 aromatic heterocycles. The van der Waals surface area contributed by atoms with Gasteiger partial charge >= 0.3 is 6.16 Å². The fourth-order valence-corrected chi connectivity index (χ4v) is 4.98. The number of carbonyl (C=O) groups is 1. The van der Waals surface area contributed by atoms with Gasteiger partial charge in [-0.15, -0.1) is 24.8 Å². The maximum atomic E-state index is 11.7. The van der Waals surface area contributed by atoms with E-state index in [9.17, 15) is 4.79 Å². The molecule has 0 aromatic carbocycles. The lowest BCUT2D eigenvalue weighted by Crippen LogP contribution is -2.44. The minimum absolute atomic E-state index is 0. The summed E-state index contributed by atoms with van der Waals surface area (Å²) < 4.78 is 10.5. The zero-order valence-electron chi connectivity index (χ0n) is 19.6. The molecular formula is C23H46Cl2N2O3. The lowest BCUT2D eigenvalue weighted by molar-refractivity contribution is 0.0480. The molecule has 2 rings (SSSR count). The van der Waals surface area contributed by atoms with Crippen molar-refractivity contribution >= 4 is 31.0 Å². The Balaban J connectivity index is 0.00000420. The molecular weight excluding hydrogens is 423 g/mol. The third kappa shape index (κ3) is 10.4. The van der Waals surface area contributed by atoms with Crippen LogP contribution in [0, 0.1) is 0 Å². The van der Waals surface area contributed by atoms with Gasteiger partial charge in [-0.25, -0.2) is 4.79 Å². The fourth-order valence-electron chi connectivity index (χ4n) is 4.98. The first-order valence-electron chi connectivity index (χ1n) is 11.8. The number of unbranched alkanes of at least 4 members (excludes halogenated alkanes) is 2. The molecule has 5 nitrogen and oxygen atoms in total. The molecule has 0 saturated carbocycles. The number of hydrogen-bond acceptors (Lipinski definition) is 5. The molecule has 4 atom stereocenters. The summed E-state index contributed by atoms with van der Waals surface area (Å²) in [5, 5.41) is 0. The van der Waals surface area contributed by atoms with Gasteiger partial charge in [-0.05, 0) is 92.2 Å². The molecule has 180 valence electrons.